The van der Waals surface area contributed by atoms with E-state index >= 15 is 0 Å². The predicted molar refractivity (Wildman–Crippen MR) is 154 cm³/mol. The van der Waals surface area contributed by atoms with Crippen molar-refractivity contribution < 1.29 is 23.9 Å². The first-order valence-corrected chi connectivity index (χ1v) is 14.3. The van der Waals surface area contributed by atoms with Gasteiger partial charge in [0.1, 0.15) is 18.3 Å². The third-order valence-electron chi connectivity index (χ3n) is 7.19. The van der Waals surface area contributed by atoms with Gasteiger partial charge < -0.3 is 26.0 Å². The zero-order chi connectivity index (χ0) is 29.4. The number of nitrogens with zero attached hydrogens (tertiary/aromatic N) is 1. The summed E-state index contributed by atoms with van der Waals surface area (Å²) in [5, 5.41) is 19.1. The molecule has 3 rings (SSSR count). The molecule has 0 radical (unpaired) electrons. The molecule has 1 aliphatic heterocycles. The van der Waals surface area contributed by atoms with Gasteiger partial charge in [-0.3, -0.25) is 14.4 Å². The van der Waals surface area contributed by atoms with Crippen LogP contribution in [-0.2, 0) is 14.4 Å². The predicted octanol–water partition coefficient (Wildman–Crippen LogP) is 2.41. The molecule has 3 amide bonds. The molecular formula is C31H45FN4O4. The van der Waals surface area contributed by atoms with Crippen LogP contribution in [0, 0.1) is 29.1 Å². The summed E-state index contributed by atoms with van der Waals surface area (Å²) in [4.78, 5) is 41.0. The van der Waals surface area contributed by atoms with Gasteiger partial charge in [0.25, 0.3) is 0 Å². The molecule has 3 aliphatic rings. The molecule has 0 bridgehead atoms. The second-order valence-corrected chi connectivity index (χ2v) is 12.4. The maximum atomic E-state index is 14.4. The number of allylic oxidation sites excluding steroid dienone is 5. The first kappa shape index (κ1) is 31.6. The first-order chi connectivity index (χ1) is 18.8. The number of fused-ring (bicyclic) bond motifs is 1. The largest absolute Gasteiger partial charge is 0.390 e. The van der Waals surface area contributed by atoms with E-state index in [1.807, 2.05) is 18.2 Å². The van der Waals surface area contributed by atoms with Crippen molar-refractivity contribution in [2.24, 2.45) is 17.3 Å². The van der Waals surface area contributed by atoms with E-state index in [-0.39, 0.29) is 37.8 Å². The third kappa shape index (κ3) is 9.03. The van der Waals surface area contributed by atoms with Crippen molar-refractivity contribution in [2.75, 3.05) is 26.2 Å². The Kier molecular flexibility index (Phi) is 11.1. The molecule has 8 nitrogen and oxygen atoms in total. The second-order valence-electron chi connectivity index (χ2n) is 12.4. The molecule has 1 fully saturated rings. The smallest absolute Gasteiger partial charge is 0.243 e. The van der Waals surface area contributed by atoms with Crippen molar-refractivity contribution in [1.82, 2.24) is 20.9 Å². The Morgan fingerprint density at radius 2 is 1.93 bits per heavy atom. The molecule has 2 aliphatic carbocycles. The molecule has 1 heterocycles. The highest BCUT2D eigenvalue weighted by Crippen LogP contribution is 2.30. The number of aliphatic hydroxyl groups excluding tert-OH is 1. The van der Waals surface area contributed by atoms with Gasteiger partial charge in [-0.1, -0.05) is 76.3 Å². The number of rotatable bonds is 11. The van der Waals surface area contributed by atoms with Crippen LogP contribution >= 0.6 is 0 Å². The summed E-state index contributed by atoms with van der Waals surface area (Å²) in [5.74, 6) is 5.56. The monoisotopic (exact) mass is 556 g/mol. The van der Waals surface area contributed by atoms with Crippen molar-refractivity contribution in [3.05, 3.63) is 35.5 Å². The van der Waals surface area contributed by atoms with Gasteiger partial charge in [-0.2, -0.15) is 0 Å². The van der Waals surface area contributed by atoms with Crippen molar-refractivity contribution in [3.63, 3.8) is 0 Å². The Bertz CT molecular complexity index is 1090. The number of amides is 3. The van der Waals surface area contributed by atoms with Crippen LogP contribution in [0.25, 0.3) is 0 Å². The molecule has 0 aromatic rings. The summed E-state index contributed by atoms with van der Waals surface area (Å²) in [5.41, 5.74) is 1.30. The zero-order valence-corrected chi connectivity index (χ0v) is 24.4. The average Bonchev–Trinajstić information content (AvgIpc) is 3.12. The van der Waals surface area contributed by atoms with E-state index in [0.29, 0.717) is 25.3 Å². The maximum absolute atomic E-state index is 14.4. The number of aliphatic hydroxyl groups is 1. The van der Waals surface area contributed by atoms with Crippen molar-refractivity contribution >= 4 is 17.7 Å². The molecular weight excluding hydrogens is 511 g/mol. The van der Waals surface area contributed by atoms with Crippen LogP contribution in [0.4, 0.5) is 4.39 Å². The van der Waals surface area contributed by atoms with Crippen LogP contribution < -0.4 is 16.0 Å². The summed E-state index contributed by atoms with van der Waals surface area (Å²) >= 11 is 0. The fourth-order valence-electron chi connectivity index (χ4n) is 5.05. The van der Waals surface area contributed by atoms with E-state index < -0.39 is 41.6 Å². The van der Waals surface area contributed by atoms with Crippen LogP contribution in [0.5, 0.6) is 0 Å². The Balaban J connectivity index is 1.73. The van der Waals surface area contributed by atoms with Gasteiger partial charge in [0.2, 0.25) is 17.7 Å². The lowest BCUT2D eigenvalue weighted by atomic mass is 9.85. The number of hydrogen-bond acceptors (Lipinski definition) is 5. The maximum Gasteiger partial charge on any atom is 0.243 e. The SMILES string of the molecule is CC(C)CNCC(O)CNC(=O)[C@@H](CC1=CC=C2C=CCC#CC2C1)NC(=O)C1CC(F)CN1C(=O)C(C)(C)C. The summed E-state index contributed by atoms with van der Waals surface area (Å²) in [6.45, 7) is 10.3. The zero-order valence-electron chi connectivity index (χ0n) is 24.4. The number of carbonyl (C=O) groups is 3. The Hall–Kier alpha value is -2.96. The molecule has 4 N–H and O–H groups in total. The number of halogens is 1. The molecule has 0 spiro atoms. The molecule has 9 heteroatoms. The Morgan fingerprint density at radius 3 is 2.62 bits per heavy atom. The van der Waals surface area contributed by atoms with Gasteiger partial charge in [-0.05, 0) is 30.9 Å². The number of nitrogens with one attached hydrogen (secondary N) is 3. The normalized spacial score (nSPS) is 23.7. The number of likely N-dealkylation sites (tertiary alicyclic amines) is 1. The van der Waals surface area contributed by atoms with Crippen molar-refractivity contribution in [1.29, 1.82) is 0 Å². The van der Waals surface area contributed by atoms with Crippen LogP contribution in [-0.4, -0.2) is 78.3 Å². The summed E-state index contributed by atoms with van der Waals surface area (Å²) in [6, 6.07) is -1.95. The minimum atomic E-state index is -1.31. The molecule has 5 atom stereocenters. The molecule has 1 saturated heterocycles. The number of alkyl halides is 1. The highest BCUT2D eigenvalue weighted by Gasteiger charge is 2.43. The van der Waals surface area contributed by atoms with E-state index in [9.17, 15) is 23.9 Å². The van der Waals surface area contributed by atoms with Gasteiger partial charge in [-0.25, -0.2) is 4.39 Å². The van der Waals surface area contributed by atoms with E-state index in [1.165, 1.54) is 4.90 Å². The Labute approximate surface area is 237 Å². The minimum Gasteiger partial charge on any atom is -0.390 e. The average molecular weight is 557 g/mol. The van der Waals surface area contributed by atoms with Crippen molar-refractivity contribution in [2.45, 2.75) is 84.7 Å². The van der Waals surface area contributed by atoms with E-state index in [0.717, 1.165) is 17.7 Å². The fraction of sp³-hybridized carbons (Fsp3) is 0.645. The lowest BCUT2D eigenvalue weighted by Crippen LogP contribution is -2.55. The quantitative estimate of drug-likeness (QED) is 0.292. The molecule has 0 aromatic carbocycles. The summed E-state index contributed by atoms with van der Waals surface area (Å²) in [7, 11) is 0. The van der Waals surface area contributed by atoms with Crippen LogP contribution in [0.2, 0.25) is 0 Å². The lowest BCUT2D eigenvalue weighted by Gasteiger charge is -2.31. The molecule has 0 aromatic heterocycles. The fourth-order valence-corrected chi connectivity index (χ4v) is 5.05. The van der Waals surface area contributed by atoms with Gasteiger partial charge in [-0.15, -0.1) is 0 Å². The van der Waals surface area contributed by atoms with Crippen LogP contribution in [0.3, 0.4) is 0 Å². The standard InChI is InChI=1S/C31H45FN4O4/c1-20(2)16-33-17-25(37)18-34-28(38)26(14-21-11-12-22-9-7-6-8-10-23(22)13-21)35-29(39)27-15-24(32)19-36(27)30(40)31(3,4)5/h7,9,11-12,20,23-27,33,37H,6,13-19H2,1-5H3,(H,34,38)(H,35,39)/t23?,24?,25?,26-,27?/m1/s1. The highest BCUT2D eigenvalue weighted by atomic mass is 19.1. The van der Waals surface area contributed by atoms with Gasteiger partial charge in [0.05, 0.1) is 12.6 Å². The van der Waals surface area contributed by atoms with Crippen molar-refractivity contribution in [3.8, 4) is 11.8 Å². The van der Waals surface area contributed by atoms with Crippen LogP contribution in [0.15, 0.2) is 35.5 Å². The first-order valence-electron chi connectivity index (χ1n) is 14.3. The highest BCUT2D eigenvalue weighted by molar-refractivity contribution is 5.93. The topological polar surface area (TPSA) is 111 Å². The second kappa shape index (κ2) is 14.1. The number of carbonyl (C=O) groups excluding carboxylic acids is 3. The van der Waals surface area contributed by atoms with Gasteiger partial charge >= 0.3 is 0 Å². The molecule has 220 valence electrons. The third-order valence-corrected chi connectivity index (χ3v) is 7.19. The van der Waals surface area contributed by atoms with E-state index in [4.69, 9.17) is 0 Å². The molecule has 40 heavy (non-hydrogen) atoms. The summed E-state index contributed by atoms with van der Waals surface area (Å²) < 4.78 is 14.4. The molecule has 4 unspecified atom stereocenters. The lowest BCUT2D eigenvalue weighted by molar-refractivity contribution is -0.145. The Morgan fingerprint density at radius 1 is 1.18 bits per heavy atom. The molecule has 0 saturated carbocycles. The minimum absolute atomic E-state index is 0.0168. The summed E-state index contributed by atoms with van der Waals surface area (Å²) in [6.07, 6.45) is 7.39. The van der Waals surface area contributed by atoms with Gasteiger partial charge in [0, 0.05) is 37.3 Å². The number of hydrogen-bond donors (Lipinski definition) is 4. The van der Waals surface area contributed by atoms with Crippen LogP contribution in [0.1, 0.15) is 60.3 Å². The van der Waals surface area contributed by atoms with E-state index in [2.05, 4.69) is 47.7 Å². The van der Waals surface area contributed by atoms with Gasteiger partial charge in [0.15, 0.2) is 0 Å². The van der Waals surface area contributed by atoms with E-state index in [1.54, 1.807) is 20.8 Å².